The van der Waals surface area contributed by atoms with Crippen LogP contribution in [0, 0.1) is 11.8 Å². The number of amides is 2. The molecule has 1 N–H and O–H groups in total. The molecule has 0 bridgehead atoms. The molecular weight excluding hydrogens is 838 g/mol. The molecule has 2 aliphatic heterocycles. The fourth-order valence-electron chi connectivity index (χ4n) is 7.57. The normalized spacial score (nSPS) is 22.7. The first-order valence-electron chi connectivity index (χ1n) is 20.3. The Balaban J connectivity index is 1.20. The molecule has 322 valence electrons. The van der Waals surface area contributed by atoms with Crippen LogP contribution in [0.5, 0.6) is 0 Å². The molecule has 2 amide bonds. The molecule has 0 saturated carbocycles. The predicted molar refractivity (Wildman–Crippen MR) is 222 cm³/mol. The minimum Gasteiger partial charge on any atom is -0.461 e. The molecule has 13 nitrogen and oxygen atoms in total. The van der Waals surface area contributed by atoms with Crippen molar-refractivity contribution >= 4 is 33.9 Å². The maximum atomic E-state index is 14.4. The number of ether oxygens (including phenoxy) is 7. The van der Waals surface area contributed by atoms with Gasteiger partial charge in [0, 0.05) is 27.1 Å². The van der Waals surface area contributed by atoms with Gasteiger partial charge in [-0.3, -0.25) is 9.59 Å². The van der Waals surface area contributed by atoms with Gasteiger partial charge in [0.05, 0.1) is 36.3 Å². The van der Waals surface area contributed by atoms with Crippen LogP contribution in [-0.2, 0) is 68.8 Å². The fourth-order valence-corrected chi connectivity index (χ4v) is 8.08. The lowest BCUT2D eigenvalue weighted by atomic mass is 9.90. The summed E-state index contributed by atoms with van der Waals surface area (Å²) < 4.78 is 49.6. The lowest BCUT2D eigenvalue weighted by molar-refractivity contribution is -0.319. The van der Waals surface area contributed by atoms with Crippen LogP contribution in [0.2, 0.25) is 0 Å². The van der Waals surface area contributed by atoms with E-state index in [0.717, 1.165) is 21.6 Å². The number of methoxy groups -OCH3 is 1. The first kappa shape index (κ1) is 45.1. The largest absolute Gasteiger partial charge is 0.461 e. The van der Waals surface area contributed by atoms with E-state index >= 15 is 0 Å². The van der Waals surface area contributed by atoms with Gasteiger partial charge in [-0.15, -0.1) is 0 Å². The van der Waals surface area contributed by atoms with Crippen LogP contribution >= 0.6 is 15.9 Å². The maximum Gasteiger partial charge on any atom is 0.416 e. The first-order chi connectivity index (χ1) is 29.1. The average Bonchev–Trinajstić information content (AvgIpc) is 3.84. The second kappa shape index (κ2) is 21.9. The lowest BCUT2D eigenvalue weighted by Crippen LogP contribution is -2.61. The number of halogens is 1. The summed E-state index contributed by atoms with van der Waals surface area (Å²) in [7, 11) is 1.52. The van der Waals surface area contributed by atoms with Crippen LogP contribution in [0.15, 0.2) is 106 Å². The number of benzene rings is 3. The van der Waals surface area contributed by atoms with Crippen molar-refractivity contribution in [3.63, 3.8) is 0 Å². The molecule has 14 heteroatoms. The lowest BCUT2D eigenvalue weighted by Gasteiger charge is -2.45. The van der Waals surface area contributed by atoms with Gasteiger partial charge < -0.3 is 42.7 Å². The Morgan fingerprint density at radius 1 is 0.867 bits per heavy atom. The van der Waals surface area contributed by atoms with Gasteiger partial charge in [-0.1, -0.05) is 105 Å². The van der Waals surface area contributed by atoms with E-state index in [-0.39, 0.29) is 51.1 Å². The molecular formula is C46H54BrNO12. The quantitative estimate of drug-likeness (QED) is 0.0697. The molecule has 60 heavy (non-hydrogen) atoms. The number of hydrogen-bond donors (Lipinski definition) is 1. The van der Waals surface area contributed by atoms with Crippen LogP contribution < -0.4 is 0 Å². The fraction of sp³-hybridized carbons (Fsp3) is 0.457. The number of rotatable bonds is 20. The van der Waals surface area contributed by atoms with Crippen molar-refractivity contribution in [2.45, 2.75) is 96.1 Å². The van der Waals surface area contributed by atoms with Crippen molar-refractivity contribution in [1.29, 1.82) is 0 Å². The Hall–Kier alpha value is -4.41. The van der Waals surface area contributed by atoms with Crippen molar-refractivity contribution < 1.29 is 57.1 Å². The zero-order valence-electron chi connectivity index (χ0n) is 34.4. The summed E-state index contributed by atoms with van der Waals surface area (Å²) in [5.41, 5.74) is 2.72. The summed E-state index contributed by atoms with van der Waals surface area (Å²) in [5.74, 6) is -1.42. The number of carbonyl (C=O) groups is 3. The van der Waals surface area contributed by atoms with E-state index < -0.39 is 66.7 Å². The van der Waals surface area contributed by atoms with E-state index in [2.05, 4.69) is 15.9 Å². The number of hydrogen-bond acceptors (Lipinski definition) is 12. The van der Waals surface area contributed by atoms with Gasteiger partial charge in [0.2, 0.25) is 5.91 Å². The van der Waals surface area contributed by atoms with Crippen molar-refractivity contribution in [1.82, 2.24) is 4.90 Å². The topological polar surface area (TPSA) is 152 Å². The van der Waals surface area contributed by atoms with Crippen LogP contribution in [0.4, 0.5) is 4.79 Å². The summed E-state index contributed by atoms with van der Waals surface area (Å²) in [5, 5.41) is 10.4. The Morgan fingerprint density at radius 3 is 2.03 bits per heavy atom. The second-order valence-electron chi connectivity index (χ2n) is 15.3. The summed E-state index contributed by atoms with van der Waals surface area (Å²) in [6.45, 7) is 5.63. The molecule has 3 aromatic carbocycles. The average molecular weight is 893 g/mol. The molecule has 2 saturated heterocycles. The van der Waals surface area contributed by atoms with Crippen LogP contribution in [0.3, 0.4) is 0 Å². The molecule has 0 spiro atoms. The minimum absolute atomic E-state index is 0.0645. The predicted octanol–water partition coefficient (Wildman–Crippen LogP) is 7.36. The van der Waals surface area contributed by atoms with Gasteiger partial charge in [0.1, 0.15) is 42.5 Å². The summed E-state index contributed by atoms with van der Waals surface area (Å²) in [4.78, 5) is 41.2. The summed E-state index contributed by atoms with van der Waals surface area (Å²) in [6, 6.07) is 30.0. The number of esters is 1. The van der Waals surface area contributed by atoms with Gasteiger partial charge >= 0.3 is 12.1 Å². The molecule has 4 aromatic rings. The van der Waals surface area contributed by atoms with Crippen molar-refractivity contribution in [2.24, 2.45) is 11.8 Å². The zero-order chi connectivity index (χ0) is 42.6. The number of imide groups is 1. The number of aryl methyl sites for hydroxylation is 1. The van der Waals surface area contributed by atoms with E-state index in [0.29, 0.717) is 23.1 Å². The van der Waals surface area contributed by atoms with Gasteiger partial charge in [-0.2, -0.15) is 0 Å². The zero-order valence-corrected chi connectivity index (χ0v) is 35.9. The SMILES string of the molecule is CO[C@H]1O[C@H](CO)[C@@H](OCc2ccccc2)[C@H](OCc2ccccc2)[C@@H]1OCCCc1oc([C@H](OC(C)=O)[C@H](Cc2ccccc2)C(=O)N2C(=O)OC[C@H]2C(C)C)cc1Br. The number of nitrogens with zero attached hydrogens (tertiary/aromatic N) is 1. The van der Waals surface area contributed by atoms with E-state index in [1.807, 2.05) is 105 Å². The van der Waals surface area contributed by atoms with Crippen molar-refractivity contribution in [2.75, 3.05) is 26.9 Å². The third kappa shape index (κ3) is 11.5. The van der Waals surface area contributed by atoms with Gasteiger partial charge in [0.25, 0.3) is 0 Å². The van der Waals surface area contributed by atoms with Crippen molar-refractivity contribution in [3.05, 3.63) is 130 Å². The Labute approximate surface area is 359 Å². The van der Waals surface area contributed by atoms with E-state index in [1.165, 1.54) is 14.0 Å². The molecule has 0 unspecified atom stereocenters. The third-order valence-corrected chi connectivity index (χ3v) is 11.3. The molecule has 0 radical (unpaired) electrons. The van der Waals surface area contributed by atoms with E-state index in [4.69, 9.17) is 37.6 Å². The summed E-state index contributed by atoms with van der Waals surface area (Å²) in [6.07, 6.45) is -4.57. The number of carbonyl (C=O) groups excluding carboxylic acids is 3. The second-order valence-corrected chi connectivity index (χ2v) is 16.1. The van der Waals surface area contributed by atoms with Crippen LogP contribution in [0.1, 0.15) is 61.5 Å². The maximum absolute atomic E-state index is 14.4. The summed E-state index contributed by atoms with van der Waals surface area (Å²) >= 11 is 3.63. The third-order valence-electron chi connectivity index (χ3n) is 10.7. The van der Waals surface area contributed by atoms with Crippen molar-refractivity contribution in [3.8, 4) is 0 Å². The highest BCUT2D eigenvalue weighted by molar-refractivity contribution is 9.10. The van der Waals surface area contributed by atoms with Gasteiger partial charge in [0.15, 0.2) is 12.4 Å². The minimum atomic E-state index is -1.16. The van der Waals surface area contributed by atoms with Crippen LogP contribution in [-0.4, -0.2) is 91.7 Å². The molecule has 3 heterocycles. The molecule has 2 fully saturated rings. The van der Waals surface area contributed by atoms with E-state index in [9.17, 15) is 19.5 Å². The number of aliphatic hydroxyl groups is 1. The monoisotopic (exact) mass is 891 g/mol. The highest BCUT2D eigenvalue weighted by atomic mass is 79.9. The Bertz CT molecular complexity index is 1960. The number of furan rings is 1. The molecule has 6 rings (SSSR count). The standard InChI is InChI=1S/C46H54BrNO12/c1-29(2)36-28-57-46(52)48(36)44(51)34(23-31-15-8-5-9-16-31)40(58-30(3)50)38-24-35(47)37(59-38)21-14-22-54-43-42(56-27-33-19-12-7-13-20-33)41(39(25-49)60-45(43)53-4)55-26-32-17-10-6-11-18-32/h5-13,15-20,24,29,34,36,39-43,45,49H,14,21-23,25-28H2,1-4H3/t34-,36-,39+,40+,41+,42-,43-,45-/m0/s1. The molecule has 1 aromatic heterocycles. The van der Waals surface area contributed by atoms with Gasteiger partial charge in [-0.05, 0) is 57.4 Å². The molecule has 8 atom stereocenters. The highest BCUT2D eigenvalue weighted by Gasteiger charge is 2.49. The Morgan fingerprint density at radius 2 is 1.47 bits per heavy atom. The molecule has 0 aliphatic carbocycles. The van der Waals surface area contributed by atoms with Gasteiger partial charge in [-0.25, -0.2) is 9.69 Å². The number of cyclic esters (lactones) is 1. The molecule has 2 aliphatic rings. The highest BCUT2D eigenvalue weighted by Crippen LogP contribution is 2.38. The first-order valence-corrected chi connectivity index (χ1v) is 21.1. The van der Waals surface area contributed by atoms with E-state index in [1.54, 1.807) is 6.07 Å². The number of aliphatic hydroxyl groups excluding tert-OH is 1. The van der Waals surface area contributed by atoms with Crippen LogP contribution in [0.25, 0.3) is 0 Å². The Kier molecular flexibility index (Phi) is 16.5. The smallest absolute Gasteiger partial charge is 0.416 e.